The van der Waals surface area contributed by atoms with E-state index in [-0.39, 0.29) is 36.0 Å². The van der Waals surface area contributed by atoms with Gasteiger partial charge in [0.15, 0.2) is 0 Å². The summed E-state index contributed by atoms with van der Waals surface area (Å²) in [4.78, 5) is 0. The molecule has 0 spiro atoms. The fourth-order valence-corrected chi connectivity index (χ4v) is 11.1. The molecular formula is C29H48O12S3. The summed E-state index contributed by atoms with van der Waals surface area (Å²) < 4.78 is 115. The lowest BCUT2D eigenvalue weighted by atomic mass is 9.43. The molecule has 4 aliphatic carbocycles. The Bertz CT molecular complexity index is 1490. The highest BCUT2D eigenvalue weighted by Crippen LogP contribution is 2.72. The van der Waals surface area contributed by atoms with Gasteiger partial charge in [0.05, 0.1) is 6.10 Å². The number of allylic oxidation sites excluding steroid dienone is 3. The molecule has 44 heavy (non-hydrogen) atoms. The minimum atomic E-state index is -5.09. The Morgan fingerprint density at radius 1 is 0.886 bits per heavy atom. The molecule has 3 saturated carbocycles. The maximum atomic E-state index is 12.1. The van der Waals surface area contributed by atoms with E-state index >= 15 is 0 Å². The van der Waals surface area contributed by atoms with Crippen molar-refractivity contribution in [2.45, 2.75) is 111 Å². The van der Waals surface area contributed by atoms with Crippen molar-refractivity contribution in [1.29, 1.82) is 0 Å². The van der Waals surface area contributed by atoms with Crippen LogP contribution in [0, 0.1) is 45.8 Å². The zero-order valence-electron chi connectivity index (χ0n) is 26.3. The maximum absolute atomic E-state index is 12.1. The molecule has 1 unspecified atom stereocenters. The van der Waals surface area contributed by atoms with Gasteiger partial charge in [0.1, 0.15) is 12.2 Å². The first-order chi connectivity index (χ1) is 19.9. The third kappa shape index (κ3) is 7.01. The van der Waals surface area contributed by atoms with Crippen LogP contribution in [0.5, 0.6) is 0 Å². The highest BCUT2D eigenvalue weighted by molar-refractivity contribution is 7.81. The van der Waals surface area contributed by atoms with Crippen LogP contribution in [0.25, 0.3) is 0 Å². The molecule has 0 amide bonds. The molecule has 0 heterocycles. The average molecular weight is 685 g/mol. The normalized spacial score (nSPS) is 40.1. The van der Waals surface area contributed by atoms with Crippen LogP contribution < -0.4 is 0 Å². The van der Waals surface area contributed by atoms with Gasteiger partial charge in [-0.2, -0.15) is 25.3 Å². The Kier molecular flexibility index (Phi) is 9.77. The minimum absolute atomic E-state index is 0.152. The standard InChI is InChI=1S/C29H48O12S3/c1-17(2)18(3)8-9-19(4)20-10-12-29(7)22-14-24(39-42(30,31)32)23-15-25(40-43(33,34)35)26(41-44(36,37)38)16-27(23,5)21(22)11-13-28(20,29)6/h11,17,19-20,22-26H,3,8-10,12-16H2,1-2,4-7H3,(H,30,31,32)(H,33,34,35)(H,36,37,38)/t19?,20-,22-,23-,24+,25+,26+,27-,28-,29+/m1/s1. The highest BCUT2D eigenvalue weighted by Gasteiger charge is 2.66. The Morgan fingerprint density at radius 2 is 1.43 bits per heavy atom. The van der Waals surface area contributed by atoms with Gasteiger partial charge < -0.3 is 0 Å². The van der Waals surface area contributed by atoms with E-state index in [1.807, 2.05) is 6.92 Å². The first-order valence-corrected chi connectivity index (χ1v) is 19.3. The summed E-state index contributed by atoms with van der Waals surface area (Å²) in [5, 5.41) is 0. The topological polar surface area (TPSA) is 191 Å². The molecule has 4 aliphatic rings. The molecule has 0 aromatic heterocycles. The van der Waals surface area contributed by atoms with Gasteiger partial charge in [0, 0.05) is 0 Å². The van der Waals surface area contributed by atoms with Crippen molar-refractivity contribution in [2.24, 2.45) is 45.8 Å². The quantitative estimate of drug-likeness (QED) is 0.187. The molecule has 0 aliphatic heterocycles. The molecular weight excluding hydrogens is 637 g/mol. The summed E-state index contributed by atoms with van der Waals surface area (Å²) in [6.07, 6.45) is 2.20. The van der Waals surface area contributed by atoms with E-state index in [9.17, 15) is 38.9 Å². The highest BCUT2D eigenvalue weighted by atomic mass is 32.3. The molecule has 0 saturated heterocycles. The predicted octanol–water partition coefficient (Wildman–Crippen LogP) is 5.37. The van der Waals surface area contributed by atoms with Crippen molar-refractivity contribution in [2.75, 3.05) is 0 Å². The number of fused-ring (bicyclic) bond motifs is 5. The summed E-state index contributed by atoms with van der Waals surface area (Å²) in [5.74, 6) is 0.221. The van der Waals surface area contributed by atoms with Crippen LogP contribution in [0.3, 0.4) is 0 Å². The maximum Gasteiger partial charge on any atom is 0.397 e. The summed E-state index contributed by atoms with van der Waals surface area (Å²) in [6, 6.07) is 0. The van der Waals surface area contributed by atoms with Crippen LogP contribution >= 0.6 is 0 Å². The van der Waals surface area contributed by atoms with E-state index in [0.717, 1.165) is 37.7 Å². The Hall–Kier alpha value is -0.910. The molecule has 0 bridgehead atoms. The SMILES string of the molecule is C=C(CCC(C)[C@H]1CC[C@@]2(C)[C@@H]3C[C@H](OS(=O)(=O)O)[C@H]4C[C@H](OS(=O)(=O)O)[C@@H](OS(=O)(=O)O)C[C@]4(C)C3=CC[C@]12C)C(C)C. The van der Waals surface area contributed by atoms with Crippen molar-refractivity contribution < 1.29 is 51.5 Å². The second kappa shape index (κ2) is 12.0. The second-order valence-electron chi connectivity index (χ2n) is 14.6. The van der Waals surface area contributed by atoms with E-state index in [4.69, 9.17) is 12.5 Å². The number of hydrogen-bond donors (Lipinski definition) is 3. The number of hydrogen-bond acceptors (Lipinski definition) is 9. The van der Waals surface area contributed by atoms with Crippen molar-refractivity contribution in [3.63, 3.8) is 0 Å². The van der Waals surface area contributed by atoms with Gasteiger partial charge in [-0.15, -0.1) is 0 Å². The van der Waals surface area contributed by atoms with Crippen molar-refractivity contribution in [3.05, 3.63) is 23.8 Å². The first-order valence-electron chi connectivity index (χ1n) is 15.3. The van der Waals surface area contributed by atoms with Crippen LogP contribution in [0.15, 0.2) is 23.8 Å². The van der Waals surface area contributed by atoms with Crippen molar-refractivity contribution in [1.82, 2.24) is 0 Å². The third-order valence-corrected chi connectivity index (χ3v) is 13.5. The van der Waals surface area contributed by atoms with Gasteiger partial charge in [-0.1, -0.05) is 65.3 Å². The zero-order chi connectivity index (χ0) is 33.3. The monoisotopic (exact) mass is 684 g/mol. The van der Waals surface area contributed by atoms with Crippen LogP contribution in [0.1, 0.15) is 92.9 Å². The lowest BCUT2D eigenvalue weighted by molar-refractivity contribution is -0.122. The molecule has 3 N–H and O–H groups in total. The first kappa shape index (κ1) is 35.9. The Morgan fingerprint density at radius 3 is 1.98 bits per heavy atom. The average Bonchev–Trinajstić information content (AvgIpc) is 3.12. The van der Waals surface area contributed by atoms with Gasteiger partial charge in [0.2, 0.25) is 0 Å². The molecule has 0 aromatic carbocycles. The summed E-state index contributed by atoms with van der Waals surface area (Å²) in [6.45, 7) is 17.1. The van der Waals surface area contributed by atoms with Gasteiger partial charge in [-0.3, -0.25) is 13.7 Å². The van der Waals surface area contributed by atoms with Gasteiger partial charge in [0.25, 0.3) is 0 Å². The fraction of sp³-hybridized carbons (Fsp3) is 0.862. The lowest BCUT2D eigenvalue weighted by Gasteiger charge is -2.63. The minimum Gasteiger partial charge on any atom is -0.264 e. The largest absolute Gasteiger partial charge is 0.397 e. The molecule has 0 aromatic rings. The van der Waals surface area contributed by atoms with E-state index < -0.39 is 60.8 Å². The van der Waals surface area contributed by atoms with Gasteiger partial charge >= 0.3 is 31.2 Å². The summed E-state index contributed by atoms with van der Waals surface area (Å²) >= 11 is 0. The molecule has 15 heteroatoms. The lowest BCUT2D eigenvalue weighted by Crippen LogP contribution is -2.60. The Labute approximate surface area is 262 Å². The summed E-state index contributed by atoms with van der Waals surface area (Å²) in [5.41, 5.74) is 0.742. The van der Waals surface area contributed by atoms with Crippen molar-refractivity contribution >= 4 is 31.2 Å². The molecule has 10 atom stereocenters. The molecule has 4 rings (SSSR count). The molecule has 3 fully saturated rings. The van der Waals surface area contributed by atoms with Crippen LogP contribution in [-0.4, -0.2) is 57.2 Å². The molecule has 254 valence electrons. The van der Waals surface area contributed by atoms with Crippen LogP contribution in [-0.2, 0) is 43.7 Å². The molecule has 0 radical (unpaired) electrons. The number of rotatable bonds is 11. The smallest absolute Gasteiger partial charge is 0.264 e. The Balaban J connectivity index is 1.76. The van der Waals surface area contributed by atoms with Crippen molar-refractivity contribution in [3.8, 4) is 0 Å². The zero-order valence-corrected chi connectivity index (χ0v) is 28.8. The second-order valence-corrected chi connectivity index (χ2v) is 17.8. The third-order valence-electron chi connectivity index (χ3n) is 12.1. The summed E-state index contributed by atoms with van der Waals surface area (Å²) in [7, 11) is -15.1. The van der Waals surface area contributed by atoms with Gasteiger partial charge in [-0.25, -0.2) is 12.5 Å². The van der Waals surface area contributed by atoms with E-state index in [0.29, 0.717) is 17.8 Å². The molecule has 12 nitrogen and oxygen atoms in total. The van der Waals surface area contributed by atoms with E-state index in [1.54, 1.807) is 0 Å². The van der Waals surface area contributed by atoms with Crippen LogP contribution in [0.4, 0.5) is 0 Å². The fourth-order valence-electron chi connectivity index (χ4n) is 9.51. The van der Waals surface area contributed by atoms with E-state index in [2.05, 4.69) is 47.3 Å². The predicted molar refractivity (Wildman–Crippen MR) is 162 cm³/mol. The van der Waals surface area contributed by atoms with Gasteiger partial charge in [-0.05, 0) is 97.2 Å². The van der Waals surface area contributed by atoms with Crippen LogP contribution in [0.2, 0.25) is 0 Å². The van der Waals surface area contributed by atoms with E-state index in [1.165, 1.54) is 5.57 Å².